The number of carbonyl (C=O) groups excluding carboxylic acids is 1. The predicted molar refractivity (Wildman–Crippen MR) is 58.7 cm³/mol. The van der Waals surface area contributed by atoms with E-state index in [-0.39, 0.29) is 17.8 Å². The molecule has 0 saturated carbocycles. The van der Waals surface area contributed by atoms with Gasteiger partial charge >= 0.3 is 6.03 Å². The summed E-state index contributed by atoms with van der Waals surface area (Å²) in [6, 6.07) is 6.69. The molecule has 0 aliphatic carbocycles. The number of phenolic OH excluding ortho intramolecular Hbond substituents is 1. The molecule has 82 valence electrons. The fourth-order valence-corrected chi connectivity index (χ4v) is 1.33. The minimum absolute atomic E-state index is 0.0226. The van der Waals surface area contributed by atoms with E-state index in [1.165, 1.54) is 0 Å². The molecule has 0 heterocycles. The van der Waals surface area contributed by atoms with E-state index in [0.29, 0.717) is 0 Å². The maximum absolute atomic E-state index is 11.4. The highest BCUT2D eigenvalue weighted by atomic mass is 16.3. The second-order valence-electron chi connectivity index (χ2n) is 3.43. The Labute approximate surface area is 89.5 Å². The van der Waals surface area contributed by atoms with Crippen molar-refractivity contribution in [3.8, 4) is 5.75 Å². The van der Waals surface area contributed by atoms with Crippen molar-refractivity contribution < 1.29 is 9.90 Å². The third kappa shape index (κ3) is 2.62. The first-order chi connectivity index (χ1) is 7.06. The summed E-state index contributed by atoms with van der Waals surface area (Å²) < 4.78 is 0. The zero-order valence-corrected chi connectivity index (χ0v) is 9.19. The predicted octanol–water partition coefficient (Wildman–Crippen LogP) is 1.72. The maximum Gasteiger partial charge on any atom is 0.317 e. The average Bonchev–Trinajstić information content (AvgIpc) is 2.27. The van der Waals surface area contributed by atoms with Crippen molar-refractivity contribution in [3.63, 3.8) is 0 Å². The molecule has 4 nitrogen and oxygen atoms in total. The van der Waals surface area contributed by atoms with Gasteiger partial charge in [-0.15, -0.1) is 0 Å². The summed E-state index contributed by atoms with van der Waals surface area (Å²) in [5, 5.41) is 11.7. The topological polar surface area (TPSA) is 52.6 Å². The summed E-state index contributed by atoms with van der Waals surface area (Å²) in [5.41, 5.74) is 0.985. The van der Waals surface area contributed by atoms with Crippen molar-refractivity contribution in [2.75, 3.05) is 14.1 Å². The SMILES string of the molecule is CNC(=O)N(C)C(C)c1ccc(O)cc1. The third-order valence-corrected chi connectivity index (χ3v) is 2.49. The summed E-state index contributed by atoms with van der Waals surface area (Å²) in [4.78, 5) is 13.0. The van der Waals surface area contributed by atoms with Crippen molar-refractivity contribution in [1.82, 2.24) is 10.2 Å². The fourth-order valence-electron chi connectivity index (χ4n) is 1.33. The summed E-state index contributed by atoms with van der Waals surface area (Å²) >= 11 is 0. The number of carbonyl (C=O) groups is 1. The highest BCUT2D eigenvalue weighted by Crippen LogP contribution is 2.20. The van der Waals surface area contributed by atoms with Gasteiger partial charge in [0.2, 0.25) is 0 Å². The van der Waals surface area contributed by atoms with Crippen molar-refractivity contribution >= 4 is 6.03 Å². The van der Waals surface area contributed by atoms with Crippen LogP contribution >= 0.6 is 0 Å². The quantitative estimate of drug-likeness (QED) is 0.777. The van der Waals surface area contributed by atoms with E-state index < -0.39 is 0 Å². The lowest BCUT2D eigenvalue weighted by Gasteiger charge is -2.24. The first-order valence-electron chi connectivity index (χ1n) is 4.79. The van der Waals surface area contributed by atoms with Gasteiger partial charge < -0.3 is 15.3 Å². The Bertz CT molecular complexity index is 335. The first-order valence-corrected chi connectivity index (χ1v) is 4.79. The summed E-state index contributed by atoms with van der Waals surface area (Å²) in [7, 11) is 3.33. The maximum atomic E-state index is 11.4. The number of hydrogen-bond acceptors (Lipinski definition) is 2. The Morgan fingerprint density at radius 2 is 1.93 bits per heavy atom. The smallest absolute Gasteiger partial charge is 0.317 e. The number of urea groups is 1. The molecule has 15 heavy (non-hydrogen) atoms. The standard InChI is InChI=1S/C11H16N2O2/c1-8(13(3)11(15)12-2)9-4-6-10(14)7-5-9/h4-8,14H,1-3H3,(H,12,15). The van der Waals surface area contributed by atoms with Gasteiger partial charge in [-0.3, -0.25) is 0 Å². The van der Waals surface area contributed by atoms with Crippen LogP contribution in [0.2, 0.25) is 0 Å². The van der Waals surface area contributed by atoms with Crippen molar-refractivity contribution in [2.24, 2.45) is 0 Å². The minimum atomic E-state index is -0.129. The van der Waals surface area contributed by atoms with Crippen LogP contribution in [0, 0.1) is 0 Å². The minimum Gasteiger partial charge on any atom is -0.508 e. The van der Waals surface area contributed by atoms with Crippen molar-refractivity contribution in [2.45, 2.75) is 13.0 Å². The third-order valence-electron chi connectivity index (χ3n) is 2.49. The molecular weight excluding hydrogens is 192 g/mol. The van der Waals surface area contributed by atoms with E-state index >= 15 is 0 Å². The van der Waals surface area contributed by atoms with Crippen LogP contribution in [0.5, 0.6) is 5.75 Å². The Hall–Kier alpha value is -1.71. The molecule has 1 rings (SSSR count). The molecule has 0 aromatic heterocycles. The van der Waals surface area contributed by atoms with Gasteiger partial charge in [0.05, 0.1) is 6.04 Å². The molecule has 0 fully saturated rings. The van der Waals surface area contributed by atoms with Gasteiger partial charge in [0.1, 0.15) is 5.75 Å². The molecule has 0 aliphatic heterocycles. The number of nitrogens with one attached hydrogen (secondary N) is 1. The van der Waals surface area contributed by atoms with Crippen LogP contribution < -0.4 is 5.32 Å². The number of rotatable bonds is 2. The molecule has 0 aliphatic rings. The Balaban J connectivity index is 2.80. The van der Waals surface area contributed by atoms with Crippen LogP contribution in [0.1, 0.15) is 18.5 Å². The lowest BCUT2D eigenvalue weighted by molar-refractivity contribution is 0.197. The molecule has 1 unspecified atom stereocenters. The van der Waals surface area contributed by atoms with E-state index in [1.54, 1.807) is 43.3 Å². The van der Waals surface area contributed by atoms with Crippen LogP contribution in [0.3, 0.4) is 0 Å². The largest absolute Gasteiger partial charge is 0.508 e. The van der Waals surface area contributed by atoms with Gasteiger partial charge in [0.25, 0.3) is 0 Å². The van der Waals surface area contributed by atoms with Gasteiger partial charge in [-0.2, -0.15) is 0 Å². The molecule has 0 bridgehead atoms. The summed E-state index contributed by atoms with van der Waals surface area (Å²) in [6.07, 6.45) is 0. The average molecular weight is 208 g/mol. The van der Waals surface area contributed by atoms with Crippen LogP contribution in [0.4, 0.5) is 4.79 Å². The summed E-state index contributed by atoms with van der Waals surface area (Å²) in [6.45, 7) is 1.93. The number of phenols is 1. The molecule has 1 atom stereocenters. The van der Waals surface area contributed by atoms with Gasteiger partial charge in [-0.05, 0) is 24.6 Å². The number of hydrogen-bond donors (Lipinski definition) is 2. The molecule has 0 radical (unpaired) electrons. The van der Waals surface area contributed by atoms with E-state index in [9.17, 15) is 4.79 Å². The highest BCUT2D eigenvalue weighted by molar-refractivity contribution is 5.74. The molecular formula is C11H16N2O2. The Morgan fingerprint density at radius 3 is 2.40 bits per heavy atom. The Morgan fingerprint density at radius 1 is 1.40 bits per heavy atom. The van der Waals surface area contributed by atoms with Gasteiger partial charge in [0.15, 0.2) is 0 Å². The molecule has 2 amide bonds. The van der Waals surface area contributed by atoms with Crippen molar-refractivity contribution in [1.29, 1.82) is 0 Å². The lowest BCUT2D eigenvalue weighted by atomic mass is 10.1. The zero-order valence-electron chi connectivity index (χ0n) is 9.19. The fraction of sp³-hybridized carbons (Fsp3) is 0.364. The van der Waals surface area contributed by atoms with Gasteiger partial charge in [-0.25, -0.2) is 4.79 Å². The second-order valence-corrected chi connectivity index (χ2v) is 3.43. The Kier molecular flexibility index (Phi) is 3.55. The molecule has 1 aromatic carbocycles. The number of nitrogens with zero attached hydrogens (tertiary/aromatic N) is 1. The zero-order chi connectivity index (χ0) is 11.4. The highest BCUT2D eigenvalue weighted by Gasteiger charge is 2.15. The molecule has 1 aromatic rings. The van der Waals surface area contributed by atoms with Crippen molar-refractivity contribution in [3.05, 3.63) is 29.8 Å². The van der Waals surface area contributed by atoms with E-state index in [2.05, 4.69) is 5.32 Å². The van der Waals surface area contributed by atoms with E-state index in [0.717, 1.165) is 5.56 Å². The monoisotopic (exact) mass is 208 g/mol. The summed E-state index contributed by atoms with van der Waals surface area (Å²) in [5.74, 6) is 0.230. The molecule has 0 spiro atoms. The van der Waals surface area contributed by atoms with Gasteiger partial charge in [-0.1, -0.05) is 12.1 Å². The molecule has 2 N–H and O–H groups in total. The molecule has 0 saturated heterocycles. The van der Waals surface area contributed by atoms with Crippen LogP contribution in [-0.4, -0.2) is 30.1 Å². The van der Waals surface area contributed by atoms with Crippen LogP contribution in [0.25, 0.3) is 0 Å². The number of aromatic hydroxyl groups is 1. The van der Waals surface area contributed by atoms with Crippen LogP contribution in [0.15, 0.2) is 24.3 Å². The normalized spacial score (nSPS) is 11.9. The first kappa shape index (κ1) is 11.4. The van der Waals surface area contributed by atoms with Crippen LogP contribution in [-0.2, 0) is 0 Å². The molecule has 4 heteroatoms. The van der Waals surface area contributed by atoms with Gasteiger partial charge in [0, 0.05) is 14.1 Å². The van der Waals surface area contributed by atoms with E-state index in [4.69, 9.17) is 5.11 Å². The number of benzene rings is 1. The number of amides is 2. The lowest BCUT2D eigenvalue weighted by Crippen LogP contribution is -2.36. The van der Waals surface area contributed by atoms with E-state index in [1.807, 2.05) is 6.92 Å². The second kappa shape index (κ2) is 4.68.